The van der Waals surface area contributed by atoms with E-state index in [-0.39, 0.29) is 5.15 Å². The van der Waals surface area contributed by atoms with E-state index < -0.39 is 5.97 Å². The van der Waals surface area contributed by atoms with Crippen LogP contribution < -0.4 is 0 Å². The third-order valence-corrected chi connectivity index (χ3v) is 1.31. The van der Waals surface area contributed by atoms with Gasteiger partial charge in [-0.1, -0.05) is 11.6 Å². The molecule has 0 unspecified atom stereocenters. The second-order valence-electron chi connectivity index (χ2n) is 1.98. The van der Waals surface area contributed by atoms with Gasteiger partial charge >= 0.3 is 5.97 Å². The van der Waals surface area contributed by atoms with Crippen molar-refractivity contribution in [1.29, 1.82) is 0 Å². The number of halogens is 1. The molecule has 0 aliphatic carbocycles. The van der Waals surface area contributed by atoms with Gasteiger partial charge in [0.25, 0.3) is 0 Å². The average Bonchev–Trinajstić information content (AvgIpc) is 2.16. The van der Waals surface area contributed by atoms with Gasteiger partial charge < -0.3 is 4.74 Å². The molecule has 0 aromatic carbocycles. The van der Waals surface area contributed by atoms with Crippen molar-refractivity contribution in [2.24, 2.45) is 0 Å². The molecule has 0 N–H and O–H groups in total. The highest BCUT2D eigenvalue weighted by atomic mass is 35.5. The molecule has 4 nitrogen and oxygen atoms in total. The lowest BCUT2D eigenvalue weighted by atomic mass is 10.4. The molecular weight excluding hydrogens is 192 g/mol. The van der Waals surface area contributed by atoms with Crippen molar-refractivity contribution in [3.05, 3.63) is 23.0 Å². The van der Waals surface area contributed by atoms with E-state index >= 15 is 0 Å². The predicted molar refractivity (Wildman–Crippen MR) is 45.9 cm³/mol. The topological polar surface area (TPSA) is 52.1 Å². The lowest BCUT2D eigenvalue weighted by Crippen LogP contribution is -1.95. The summed E-state index contributed by atoms with van der Waals surface area (Å²) in [6.07, 6.45) is 0. The Morgan fingerprint density at radius 3 is 2.85 bits per heavy atom. The Morgan fingerprint density at radius 2 is 2.31 bits per heavy atom. The van der Waals surface area contributed by atoms with E-state index in [0.29, 0.717) is 5.69 Å². The standard InChI is InChI=1S/C8H5ClN2O2/c1-13-8(12)5-3-6-2-4-7(9)11-10-6/h2,4H,1H3. The number of rotatable bonds is 0. The molecule has 0 atom stereocenters. The van der Waals surface area contributed by atoms with Gasteiger partial charge in [0.05, 0.1) is 7.11 Å². The maximum atomic E-state index is 10.6. The van der Waals surface area contributed by atoms with Crippen LogP contribution in [0.3, 0.4) is 0 Å². The first-order chi connectivity index (χ1) is 6.22. The molecule has 0 fully saturated rings. The fraction of sp³-hybridized carbons (Fsp3) is 0.125. The van der Waals surface area contributed by atoms with E-state index in [1.54, 1.807) is 6.07 Å². The van der Waals surface area contributed by atoms with Gasteiger partial charge in [-0.25, -0.2) is 4.79 Å². The van der Waals surface area contributed by atoms with Gasteiger partial charge in [-0.15, -0.1) is 10.2 Å². The second-order valence-corrected chi connectivity index (χ2v) is 2.37. The molecule has 0 bridgehead atoms. The summed E-state index contributed by atoms with van der Waals surface area (Å²) in [6.45, 7) is 0. The number of methoxy groups -OCH3 is 1. The SMILES string of the molecule is COC(=O)C#Cc1ccc(Cl)nn1. The lowest BCUT2D eigenvalue weighted by Gasteiger charge is -1.87. The number of hydrogen-bond acceptors (Lipinski definition) is 4. The van der Waals surface area contributed by atoms with E-state index in [2.05, 4.69) is 26.8 Å². The summed E-state index contributed by atoms with van der Waals surface area (Å²) >= 11 is 5.49. The Kier molecular flexibility index (Phi) is 3.23. The first kappa shape index (κ1) is 9.49. The minimum Gasteiger partial charge on any atom is -0.459 e. The molecule has 1 heterocycles. The quantitative estimate of drug-likeness (QED) is 0.452. The van der Waals surface area contributed by atoms with Crippen molar-refractivity contribution >= 4 is 17.6 Å². The number of nitrogens with zero attached hydrogens (tertiary/aromatic N) is 2. The molecule has 1 rings (SSSR count). The van der Waals surface area contributed by atoms with Crippen LogP contribution >= 0.6 is 11.6 Å². The minimum absolute atomic E-state index is 0.281. The van der Waals surface area contributed by atoms with Crippen LogP contribution in [-0.2, 0) is 9.53 Å². The van der Waals surface area contributed by atoms with Crippen LogP contribution in [0.15, 0.2) is 12.1 Å². The molecule has 1 aromatic rings. The Hall–Kier alpha value is -1.60. The largest absolute Gasteiger partial charge is 0.459 e. The first-order valence-electron chi connectivity index (χ1n) is 3.31. The number of esters is 1. The van der Waals surface area contributed by atoms with Crippen molar-refractivity contribution in [3.63, 3.8) is 0 Å². The van der Waals surface area contributed by atoms with Crippen LogP contribution in [0.5, 0.6) is 0 Å². The summed E-state index contributed by atoms with van der Waals surface area (Å²) in [5.41, 5.74) is 0.370. The molecule has 0 aliphatic rings. The molecule has 0 aliphatic heterocycles. The normalized spacial score (nSPS) is 8.46. The summed E-state index contributed by atoms with van der Waals surface area (Å²) in [6, 6.07) is 3.10. The summed E-state index contributed by atoms with van der Waals surface area (Å²) in [5, 5.41) is 7.45. The molecule has 0 spiro atoms. The van der Waals surface area contributed by atoms with E-state index in [4.69, 9.17) is 11.6 Å². The lowest BCUT2D eigenvalue weighted by molar-refractivity contribution is -0.133. The highest BCUT2D eigenvalue weighted by Crippen LogP contribution is 2.00. The van der Waals surface area contributed by atoms with Crippen LogP contribution in [0.1, 0.15) is 5.69 Å². The molecule has 0 radical (unpaired) electrons. The van der Waals surface area contributed by atoms with Gasteiger partial charge in [-0.05, 0) is 18.1 Å². The van der Waals surface area contributed by atoms with Crippen molar-refractivity contribution in [1.82, 2.24) is 10.2 Å². The van der Waals surface area contributed by atoms with E-state index in [0.717, 1.165) is 0 Å². The van der Waals surface area contributed by atoms with Crippen molar-refractivity contribution in [3.8, 4) is 11.8 Å². The Bertz CT molecular complexity index is 364. The highest BCUT2D eigenvalue weighted by molar-refractivity contribution is 6.29. The van der Waals surface area contributed by atoms with Crippen LogP contribution in [0.4, 0.5) is 0 Å². The first-order valence-corrected chi connectivity index (χ1v) is 3.69. The number of aromatic nitrogens is 2. The van der Waals surface area contributed by atoms with E-state index in [1.807, 2.05) is 0 Å². The third kappa shape index (κ3) is 3.09. The smallest absolute Gasteiger partial charge is 0.384 e. The van der Waals surface area contributed by atoms with E-state index in [1.165, 1.54) is 13.2 Å². The molecule has 0 amide bonds. The van der Waals surface area contributed by atoms with Crippen LogP contribution in [-0.4, -0.2) is 23.3 Å². The number of hydrogen-bond donors (Lipinski definition) is 0. The fourth-order valence-electron chi connectivity index (χ4n) is 0.549. The number of carbonyl (C=O) groups is 1. The molecule has 13 heavy (non-hydrogen) atoms. The Balaban J connectivity index is 2.78. The highest BCUT2D eigenvalue weighted by Gasteiger charge is 1.92. The summed E-state index contributed by atoms with van der Waals surface area (Å²) in [5.74, 6) is 4.06. The molecule has 66 valence electrons. The molecular formula is C8H5ClN2O2. The maximum Gasteiger partial charge on any atom is 0.384 e. The second kappa shape index (κ2) is 4.43. The van der Waals surface area contributed by atoms with Crippen molar-refractivity contribution < 1.29 is 9.53 Å². The number of ether oxygens (including phenoxy) is 1. The Labute approximate surface area is 79.9 Å². The molecule has 0 saturated heterocycles. The monoisotopic (exact) mass is 196 g/mol. The minimum atomic E-state index is -0.614. The van der Waals surface area contributed by atoms with Crippen LogP contribution in [0, 0.1) is 11.8 Å². The number of carbonyl (C=O) groups excluding carboxylic acids is 1. The zero-order valence-electron chi connectivity index (χ0n) is 6.74. The molecule has 1 aromatic heterocycles. The van der Waals surface area contributed by atoms with Gasteiger partial charge in [-0.2, -0.15) is 0 Å². The van der Waals surface area contributed by atoms with Crippen molar-refractivity contribution in [2.45, 2.75) is 0 Å². The summed E-state index contributed by atoms with van der Waals surface area (Å²) in [7, 11) is 1.25. The van der Waals surface area contributed by atoms with Gasteiger partial charge in [0, 0.05) is 5.92 Å². The summed E-state index contributed by atoms with van der Waals surface area (Å²) in [4.78, 5) is 10.6. The zero-order chi connectivity index (χ0) is 9.68. The van der Waals surface area contributed by atoms with Gasteiger partial charge in [-0.3, -0.25) is 0 Å². The average molecular weight is 197 g/mol. The van der Waals surface area contributed by atoms with Crippen molar-refractivity contribution in [2.75, 3.05) is 7.11 Å². The predicted octanol–water partition coefficient (Wildman–Crippen LogP) is 0.654. The fourth-order valence-corrected chi connectivity index (χ4v) is 0.650. The van der Waals surface area contributed by atoms with Gasteiger partial charge in [0.2, 0.25) is 0 Å². The van der Waals surface area contributed by atoms with Gasteiger partial charge in [0.15, 0.2) is 5.15 Å². The van der Waals surface area contributed by atoms with Crippen LogP contribution in [0.2, 0.25) is 5.15 Å². The third-order valence-electron chi connectivity index (χ3n) is 1.11. The van der Waals surface area contributed by atoms with E-state index in [9.17, 15) is 4.79 Å². The zero-order valence-corrected chi connectivity index (χ0v) is 7.50. The summed E-state index contributed by atoms with van der Waals surface area (Å²) < 4.78 is 4.31. The maximum absolute atomic E-state index is 10.6. The van der Waals surface area contributed by atoms with Crippen LogP contribution in [0.25, 0.3) is 0 Å². The van der Waals surface area contributed by atoms with Gasteiger partial charge in [0.1, 0.15) is 5.69 Å². The molecule has 5 heteroatoms. The molecule has 0 saturated carbocycles. The Morgan fingerprint density at radius 1 is 1.54 bits per heavy atom.